The van der Waals surface area contributed by atoms with Crippen molar-refractivity contribution in [1.82, 2.24) is 18.7 Å². The molecule has 0 spiro atoms. The van der Waals surface area contributed by atoms with E-state index in [1.807, 2.05) is 6.20 Å². The van der Waals surface area contributed by atoms with Crippen LogP contribution in [0.3, 0.4) is 0 Å². The first kappa shape index (κ1) is 41.6. The van der Waals surface area contributed by atoms with E-state index in [9.17, 15) is 0 Å². The van der Waals surface area contributed by atoms with Gasteiger partial charge in [-0.2, -0.15) is 12.1 Å². The first-order valence-corrected chi connectivity index (χ1v) is 22.3. The Morgan fingerprint density at radius 2 is 0.985 bits per heavy atom. The molecule has 0 saturated carbocycles. The standard InChI is InChI=1S/C61H42N5.Pt/c1-63-42-64(58-34-16-15-33-57(58)63)47-25-17-26-48(40-47)65(61-52(44-21-7-3-8-22-44)30-18-31-53(61)45-23-9-4-10-24-45)49-35-36-55-54-29-13-14-32-56(54)66(59(55)41-49)60-39-46(37-38-62-60)51-28-12-11-27-50(51)43-19-5-2-6-20-43;/h2-39,42H,1H3;/q-1;. The fourth-order valence-electron chi connectivity index (χ4n) is 9.59. The summed E-state index contributed by atoms with van der Waals surface area (Å²) in [6, 6.07) is 87.4. The third-order valence-electron chi connectivity index (χ3n) is 12.6. The summed E-state index contributed by atoms with van der Waals surface area (Å²) in [4.78, 5) is 7.45. The molecule has 0 N–H and O–H groups in total. The van der Waals surface area contributed by atoms with Crippen LogP contribution in [0.15, 0.2) is 237 Å². The van der Waals surface area contributed by atoms with Crippen molar-refractivity contribution in [3.8, 4) is 56.0 Å². The first-order chi connectivity index (χ1) is 32.7. The maximum Gasteiger partial charge on any atom is 0.188 e. The van der Waals surface area contributed by atoms with Crippen LogP contribution in [0.5, 0.6) is 0 Å². The SMILES string of the molecule is Cn1[cH+]n(-c2[c-]c(N(c3[c-]c4c(cc3)c3ccccc3n4-c3cc(-c4ccccc4-c4ccccc4)ccn3)c3c(-c4ccccc4)cccc3-c3ccccc3)ccc2)c2ccccc21.[Pt]. The summed E-state index contributed by atoms with van der Waals surface area (Å²) in [6.45, 7) is 0. The number of anilines is 3. The molecule has 67 heavy (non-hydrogen) atoms. The summed E-state index contributed by atoms with van der Waals surface area (Å²) in [5, 5.41) is 2.23. The second kappa shape index (κ2) is 17.7. The van der Waals surface area contributed by atoms with Crippen LogP contribution in [0.2, 0.25) is 0 Å². The average Bonchev–Trinajstić information content (AvgIpc) is 3.91. The largest absolute Gasteiger partial charge is 0.357 e. The predicted molar refractivity (Wildman–Crippen MR) is 273 cm³/mol. The fourth-order valence-corrected chi connectivity index (χ4v) is 9.59. The number of rotatable bonds is 9. The van der Waals surface area contributed by atoms with Gasteiger partial charge < -0.3 is 9.47 Å². The van der Waals surface area contributed by atoms with Crippen molar-refractivity contribution >= 4 is 49.9 Å². The van der Waals surface area contributed by atoms with Gasteiger partial charge >= 0.3 is 0 Å². The molecule has 0 radical (unpaired) electrons. The van der Waals surface area contributed by atoms with Gasteiger partial charge in [0.25, 0.3) is 0 Å². The smallest absolute Gasteiger partial charge is 0.188 e. The van der Waals surface area contributed by atoms with E-state index < -0.39 is 0 Å². The van der Waals surface area contributed by atoms with Gasteiger partial charge in [-0.25, -0.2) is 14.1 Å². The molecule has 0 amide bonds. The van der Waals surface area contributed by atoms with Gasteiger partial charge in [0.15, 0.2) is 17.4 Å². The molecular weight excluding hydrogens is 998 g/mol. The molecule has 3 heterocycles. The zero-order valence-corrected chi connectivity index (χ0v) is 38.8. The van der Waals surface area contributed by atoms with E-state index in [-0.39, 0.29) is 21.1 Å². The van der Waals surface area contributed by atoms with Crippen LogP contribution < -0.4 is 4.90 Å². The number of aryl methyl sites for hydroxylation is 1. The fraction of sp³-hybridized carbons (Fsp3) is 0.0164. The first-order valence-electron chi connectivity index (χ1n) is 22.3. The van der Waals surface area contributed by atoms with Gasteiger partial charge in [-0.1, -0.05) is 175 Å². The second-order valence-electron chi connectivity index (χ2n) is 16.5. The predicted octanol–water partition coefficient (Wildman–Crippen LogP) is 15.5. The maximum absolute atomic E-state index is 5.10. The molecule has 12 rings (SSSR count). The van der Waals surface area contributed by atoms with Crippen molar-refractivity contribution in [3.63, 3.8) is 0 Å². The number of pyridine rings is 1. The molecule has 0 unspecified atom stereocenters. The number of aromatic nitrogens is 4. The number of fused-ring (bicyclic) bond motifs is 4. The molecule has 0 bridgehead atoms. The molecule has 0 aliphatic carbocycles. The quantitative estimate of drug-likeness (QED) is 0.135. The summed E-state index contributed by atoms with van der Waals surface area (Å²) in [5.74, 6) is 0.817. The minimum absolute atomic E-state index is 0. The molecule has 3 aromatic heterocycles. The van der Waals surface area contributed by atoms with Crippen LogP contribution >= 0.6 is 0 Å². The van der Waals surface area contributed by atoms with Crippen molar-refractivity contribution in [3.05, 3.63) is 249 Å². The number of para-hydroxylation sites is 4. The molecule has 0 aliphatic rings. The van der Waals surface area contributed by atoms with E-state index in [0.29, 0.717) is 0 Å². The average molecular weight is 1040 g/mol. The van der Waals surface area contributed by atoms with Gasteiger partial charge in [-0.3, -0.25) is 0 Å². The summed E-state index contributed by atoms with van der Waals surface area (Å²) in [7, 11) is 2.09. The summed E-state index contributed by atoms with van der Waals surface area (Å²) < 4.78 is 6.65. The zero-order chi connectivity index (χ0) is 44.0. The van der Waals surface area contributed by atoms with Gasteiger partial charge in [0.2, 0.25) is 0 Å². The van der Waals surface area contributed by atoms with Gasteiger partial charge in [0.05, 0.1) is 5.69 Å². The molecule has 0 aliphatic heterocycles. The second-order valence-corrected chi connectivity index (χ2v) is 16.5. The Hall–Kier alpha value is -8.11. The molecule has 6 heteroatoms. The van der Waals surface area contributed by atoms with E-state index in [1.54, 1.807) is 0 Å². The Morgan fingerprint density at radius 3 is 1.67 bits per heavy atom. The zero-order valence-electron chi connectivity index (χ0n) is 36.6. The van der Waals surface area contributed by atoms with Gasteiger partial charge in [0.1, 0.15) is 5.82 Å². The van der Waals surface area contributed by atoms with Crippen molar-refractivity contribution in [2.45, 2.75) is 0 Å². The normalized spacial score (nSPS) is 11.2. The molecule has 9 aromatic carbocycles. The van der Waals surface area contributed by atoms with Gasteiger partial charge in [-0.05, 0) is 69.1 Å². The third kappa shape index (κ3) is 7.44. The van der Waals surface area contributed by atoms with Crippen LogP contribution in [-0.2, 0) is 28.1 Å². The maximum atomic E-state index is 5.10. The van der Waals surface area contributed by atoms with Crippen molar-refractivity contribution in [1.29, 1.82) is 0 Å². The Labute approximate surface area is 404 Å². The molecule has 5 nitrogen and oxygen atoms in total. The van der Waals surface area contributed by atoms with Crippen LogP contribution in [0.4, 0.5) is 17.1 Å². The van der Waals surface area contributed by atoms with Crippen LogP contribution in [0, 0.1) is 12.1 Å². The van der Waals surface area contributed by atoms with Gasteiger partial charge in [-0.15, -0.1) is 29.7 Å². The molecule has 0 atom stereocenters. The summed E-state index contributed by atoms with van der Waals surface area (Å²) in [5.41, 5.74) is 16.9. The van der Waals surface area contributed by atoms with E-state index in [4.69, 9.17) is 4.98 Å². The van der Waals surface area contributed by atoms with Crippen molar-refractivity contribution < 1.29 is 21.1 Å². The number of imidazole rings is 1. The van der Waals surface area contributed by atoms with Gasteiger partial charge in [0, 0.05) is 68.8 Å². The van der Waals surface area contributed by atoms with Crippen LogP contribution in [0.1, 0.15) is 0 Å². The van der Waals surface area contributed by atoms with E-state index in [0.717, 1.165) is 94.8 Å². The number of hydrogen-bond donors (Lipinski definition) is 0. The minimum Gasteiger partial charge on any atom is -0.357 e. The van der Waals surface area contributed by atoms with E-state index in [2.05, 4.69) is 269 Å². The number of benzene rings is 9. The molecule has 12 aromatic rings. The Kier molecular flexibility index (Phi) is 11.0. The number of nitrogens with zero attached hydrogens (tertiary/aromatic N) is 5. The van der Waals surface area contributed by atoms with Crippen LogP contribution in [0.25, 0.3) is 88.9 Å². The van der Waals surface area contributed by atoms with E-state index in [1.165, 1.54) is 11.1 Å². The Balaban J connectivity index is 0.00000494. The van der Waals surface area contributed by atoms with E-state index >= 15 is 0 Å². The topological polar surface area (TPSA) is 30.9 Å². The summed E-state index contributed by atoms with van der Waals surface area (Å²) in [6.07, 6.45) is 4.06. The minimum atomic E-state index is 0. The molecule has 322 valence electrons. The Bertz CT molecular complexity index is 3670. The van der Waals surface area contributed by atoms with Crippen LogP contribution in [-0.4, -0.2) is 18.7 Å². The molecule has 0 saturated heterocycles. The monoisotopic (exact) mass is 1040 g/mol. The molecule has 0 fully saturated rings. The van der Waals surface area contributed by atoms with Crippen molar-refractivity contribution in [2.75, 3.05) is 4.90 Å². The third-order valence-corrected chi connectivity index (χ3v) is 12.6. The summed E-state index contributed by atoms with van der Waals surface area (Å²) >= 11 is 0. The van der Waals surface area contributed by atoms with Crippen molar-refractivity contribution in [2.24, 2.45) is 7.05 Å². The molecular formula is C61H42N5Pt-. The Morgan fingerprint density at radius 1 is 0.448 bits per heavy atom. The number of hydrogen-bond acceptors (Lipinski definition) is 2.